The monoisotopic (exact) mass is 378 g/mol. The Balaban J connectivity index is 2.30. The first-order valence-electron chi connectivity index (χ1n) is 8.13. The highest BCUT2D eigenvalue weighted by molar-refractivity contribution is 7.80. The van der Waals surface area contributed by atoms with Crippen molar-refractivity contribution >= 4 is 29.1 Å². The molecule has 2 N–H and O–H groups in total. The van der Waals surface area contributed by atoms with Crippen LogP contribution in [0.3, 0.4) is 0 Å². The second-order valence-electron chi connectivity index (χ2n) is 5.63. The zero-order valence-electron chi connectivity index (χ0n) is 15.2. The Hall–Kier alpha value is -2.61. The van der Waals surface area contributed by atoms with Gasteiger partial charge in [0, 0.05) is 11.3 Å². The molecule has 26 heavy (non-hydrogen) atoms. The van der Waals surface area contributed by atoms with Gasteiger partial charge in [0.15, 0.2) is 29.0 Å². The number of allylic oxidation sites excluding steroid dienone is 1. The first kappa shape index (κ1) is 19.7. The van der Waals surface area contributed by atoms with Gasteiger partial charge in [0.1, 0.15) is 0 Å². The number of ether oxygens (including phenoxy) is 3. The smallest absolute Gasteiger partial charge is 0.344 e. The van der Waals surface area contributed by atoms with Crippen molar-refractivity contribution in [1.29, 1.82) is 0 Å². The summed E-state index contributed by atoms with van der Waals surface area (Å²) < 4.78 is 15.7. The number of methoxy groups -OCH3 is 1. The van der Waals surface area contributed by atoms with Crippen LogP contribution in [0.1, 0.15) is 32.4 Å². The summed E-state index contributed by atoms with van der Waals surface area (Å²) in [6.07, 6.45) is 0. The topological polar surface area (TPSA) is 85.9 Å². The fourth-order valence-corrected chi connectivity index (χ4v) is 3.00. The summed E-state index contributed by atoms with van der Waals surface area (Å²) in [5.74, 6) is 0.336. The van der Waals surface area contributed by atoms with Crippen molar-refractivity contribution in [3.8, 4) is 11.5 Å². The molecular formula is C18H22N2O5S. The lowest BCUT2D eigenvalue weighted by Gasteiger charge is -2.30. The van der Waals surface area contributed by atoms with Gasteiger partial charge in [-0.1, -0.05) is 6.07 Å². The van der Waals surface area contributed by atoms with Gasteiger partial charge in [-0.05, 0) is 50.7 Å². The number of esters is 1. The van der Waals surface area contributed by atoms with Gasteiger partial charge in [0.2, 0.25) is 0 Å². The van der Waals surface area contributed by atoms with Crippen LogP contribution in [0.25, 0.3) is 0 Å². The quantitative estimate of drug-likeness (QED) is 0.551. The first-order valence-corrected chi connectivity index (χ1v) is 8.53. The Labute approximate surface area is 157 Å². The molecule has 0 spiro atoms. The molecule has 2 rings (SSSR count). The van der Waals surface area contributed by atoms with Gasteiger partial charge >= 0.3 is 5.97 Å². The summed E-state index contributed by atoms with van der Waals surface area (Å²) in [5, 5.41) is 6.51. The van der Waals surface area contributed by atoms with Crippen LogP contribution in [0.4, 0.5) is 0 Å². The van der Waals surface area contributed by atoms with E-state index < -0.39 is 12.0 Å². The molecule has 1 heterocycles. The maximum atomic E-state index is 12.1. The van der Waals surface area contributed by atoms with Crippen molar-refractivity contribution in [3.05, 3.63) is 35.0 Å². The molecule has 1 aromatic carbocycles. The maximum absolute atomic E-state index is 12.1. The van der Waals surface area contributed by atoms with E-state index in [4.69, 9.17) is 26.4 Å². The van der Waals surface area contributed by atoms with E-state index in [9.17, 15) is 9.59 Å². The van der Waals surface area contributed by atoms with E-state index in [0.717, 1.165) is 5.56 Å². The molecule has 0 fully saturated rings. The van der Waals surface area contributed by atoms with E-state index in [2.05, 4.69) is 10.6 Å². The van der Waals surface area contributed by atoms with Crippen LogP contribution in [0.15, 0.2) is 29.5 Å². The van der Waals surface area contributed by atoms with Crippen LogP contribution in [-0.4, -0.2) is 37.2 Å². The minimum atomic E-state index is -0.457. The third-order valence-electron chi connectivity index (χ3n) is 3.82. The lowest BCUT2D eigenvalue weighted by molar-refractivity contribution is -0.145. The second kappa shape index (κ2) is 8.66. The van der Waals surface area contributed by atoms with Crippen molar-refractivity contribution in [2.75, 3.05) is 20.3 Å². The summed E-state index contributed by atoms with van der Waals surface area (Å²) in [7, 11) is 1.50. The first-order chi connectivity index (χ1) is 12.4. The Bertz CT molecular complexity index is 760. The predicted octanol–water partition coefficient (Wildman–Crippen LogP) is 2.02. The Morgan fingerprint density at radius 3 is 2.62 bits per heavy atom. The van der Waals surface area contributed by atoms with E-state index in [-0.39, 0.29) is 12.4 Å². The molecule has 1 aliphatic rings. The van der Waals surface area contributed by atoms with Crippen LogP contribution in [0, 0.1) is 0 Å². The van der Waals surface area contributed by atoms with E-state index in [1.54, 1.807) is 25.1 Å². The minimum absolute atomic E-state index is 0.0587. The summed E-state index contributed by atoms with van der Waals surface area (Å²) in [5.41, 5.74) is 2.10. The number of carbonyl (C=O) groups is 2. The molecule has 0 amide bonds. The molecule has 1 aromatic rings. The molecule has 0 saturated heterocycles. The van der Waals surface area contributed by atoms with Crippen molar-refractivity contribution in [2.45, 2.75) is 26.8 Å². The molecule has 0 aliphatic carbocycles. The predicted molar refractivity (Wildman–Crippen MR) is 100 cm³/mol. The van der Waals surface area contributed by atoms with Crippen molar-refractivity contribution < 1.29 is 23.8 Å². The highest BCUT2D eigenvalue weighted by atomic mass is 32.1. The van der Waals surface area contributed by atoms with Gasteiger partial charge in [0.05, 0.1) is 19.8 Å². The Morgan fingerprint density at radius 2 is 2.00 bits per heavy atom. The number of nitrogens with one attached hydrogen (secondary N) is 2. The average molecular weight is 378 g/mol. The van der Waals surface area contributed by atoms with Crippen LogP contribution >= 0.6 is 12.2 Å². The maximum Gasteiger partial charge on any atom is 0.344 e. The number of hydrogen-bond acceptors (Lipinski definition) is 6. The van der Waals surface area contributed by atoms with Gasteiger partial charge in [-0.25, -0.2) is 4.79 Å². The number of benzene rings is 1. The molecule has 8 heteroatoms. The molecule has 7 nitrogen and oxygen atoms in total. The molecular weight excluding hydrogens is 356 g/mol. The summed E-state index contributed by atoms with van der Waals surface area (Å²) >= 11 is 5.21. The van der Waals surface area contributed by atoms with Gasteiger partial charge < -0.3 is 24.8 Å². The molecule has 0 unspecified atom stereocenters. The fraction of sp³-hybridized carbons (Fsp3) is 0.389. The largest absolute Gasteiger partial charge is 0.493 e. The zero-order chi connectivity index (χ0) is 19.3. The third-order valence-corrected chi connectivity index (χ3v) is 4.04. The standard InChI is InChI=1S/C18H22N2O5S/c1-5-24-15(22)9-25-13-7-6-12(8-14(13)23-4)17-16(11(3)21)10(2)19-18(26)20-17/h6-8,17H,5,9H2,1-4H3,(H2,19,20,26)/t17-/m0/s1. The number of carbonyl (C=O) groups excluding carboxylic acids is 2. The van der Waals surface area contributed by atoms with Crippen molar-refractivity contribution in [1.82, 2.24) is 10.6 Å². The number of ketones is 1. The Morgan fingerprint density at radius 1 is 1.27 bits per heavy atom. The van der Waals surface area contributed by atoms with E-state index in [1.165, 1.54) is 14.0 Å². The van der Waals surface area contributed by atoms with Crippen LogP contribution in [0.5, 0.6) is 11.5 Å². The summed E-state index contributed by atoms with van der Waals surface area (Å²) in [6, 6.07) is 4.84. The Kier molecular flexibility index (Phi) is 6.57. The molecule has 0 aromatic heterocycles. The molecule has 1 aliphatic heterocycles. The fourth-order valence-electron chi connectivity index (χ4n) is 2.73. The molecule has 0 radical (unpaired) electrons. The minimum Gasteiger partial charge on any atom is -0.493 e. The van der Waals surface area contributed by atoms with Crippen LogP contribution < -0.4 is 20.1 Å². The van der Waals surface area contributed by atoms with E-state index >= 15 is 0 Å². The lowest BCUT2D eigenvalue weighted by Crippen LogP contribution is -2.44. The number of hydrogen-bond donors (Lipinski definition) is 2. The van der Waals surface area contributed by atoms with Gasteiger partial charge in [-0.2, -0.15) is 0 Å². The van der Waals surface area contributed by atoms with Crippen LogP contribution in [0.2, 0.25) is 0 Å². The van der Waals surface area contributed by atoms with Gasteiger partial charge in [-0.3, -0.25) is 4.79 Å². The van der Waals surface area contributed by atoms with Crippen molar-refractivity contribution in [2.24, 2.45) is 0 Å². The highest BCUT2D eigenvalue weighted by Gasteiger charge is 2.28. The SMILES string of the molecule is CCOC(=O)COc1ccc([C@@H]2NC(=S)NC(C)=C2C(C)=O)cc1OC. The number of Topliss-reactive ketones (excluding diaryl/α,β-unsaturated/α-hetero) is 1. The zero-order valence-corrected chi connectivity index (χ0v) is 16.0. The number of rotatable bonds is 7. The summed E-state index contributed by atoms with van der Waals surface area (Å²) in [4.78, 5) is 23.5. The van der Waals surface area contributed by atoms with Crippen LogP contribution in [-0.2, 0) is 14.3 Å². The van der Waals surface area contributed by atoms with Gasteiger partial charge in [0.25, 0.3) is 0 Å². The van der Waals surface area contributed by atoms with Gasteiger partial charge in [-0.15, -0.1) is 0 Å². The molecule has 140 valence electrons. The molecule has 1 atom stereocenters. The normalized spacial score (nSPS) is 16.5. The highest BCUT2D eigenvalue weighted by Crippen LogP contribution is 2.34. The number of thiocarbonyl (C=S) groups is 1. The third kappa shape index (κ3) is 4.51. The van der Waals surface area contributed by atoms with Crippen molar-refractivity contribution in [3.63, 3.8) is 0 Å². The molecule has 0 bridgehead atoms. The van der Waals surface area contributed by atoms with E-state index in [0.29, 0.717) is 34.5 Å². The van der Waals surface area contributed by atoms with E-state index in [1.807, 2.05) is 6.92 Å². The average Bonchev–Trinajstić information content (AvgIpc) is 2.58. The second-order valence-corrected chi connectivity index (χ2v) is 6.04. The summed E-state index contributed by atoms with van der Waals surface area (Å²) in [6.45, 7) is 5.13. The molecule has 0 saturated carbocycles. The lowest BCUT2D eigenvalue weighted by atomic mass is 9.93.